The van der Waals surface area contributed by atoms with Gasteiger partial charge in [-0.05, 0) is 6.92 Å². The maximum Gasteiger partial charge on any atom is 0.159 e. The Kier molecular flexibility index (Phi) is 3.39. The molecule has 0 aliphatic carbocycles. The van der Waals surface area contributed by atoms with Crippen LogP contribution in [0.25, 0.3) is 0 Å². The first-order chi connectivity index (χ1) is 7.54. The topological polar surface area (TPSA) is 74.1 Å². The first-order valence-electron chi connectivity index (χ1n) is 5.10. The molecule has 2 heterocycles. The van der Waals surface area contributed by atoms with E-state index in [9.17, 15) is 14.6 Å². The highest BCUT2D eigenvalue weighted by Crippen LogP contribution is 2.35. The second-order valence-corrected chi connectivity index (χ2v) is 5.05. The van der Waals surface area contributed by atoms with Crippen molar-refractivity contribution in [2.24, 2.45) is 4.99 Å². The fraction of sp³-hybridized carbons (Fsp3) is 0.889. The number of hydrogen-bond acceptors (Lipinski definition) is 5. The van der Waals surface area contributed by atoms with E-state index in [4.69, 9.17) is 4.74 Å². The normalized spacial score (nSPS) is 47.6. The Balaban J connectivity index is 2.15. The van der Waals surface area contributed by atoms with Crippen molar-refractivity contribution in [1.82, 2.24) is 5.32 Å². The number of alkyl halides is 1. The van der Waals surface area contributed by atoms with Crippen LogP contribution in [0.15, 0.2) is 4.99 Å². The fourth-order valence-corrected chi connectivity index (χ4v) is 2.99. The molecule has 0 aromatic rings. The van der Waals surface area contributed by atoms with Crippen LogP contribution in [0.5, 0.6) is 0 Å². The van der Waals surface area contributed by atoms with Gasteiger partial charge in [-0.25, -0.2) is 4.39 Å². The molecule has 3 N–H and O–H groups in total. The van der Waals surface area contributed by atoms with Gasteiger partial charge in [-0.2, -0.15) is 0 Å². The molecule has 2 aliphatic rings. The second kappa shape index (κ2) is 4.48. The Bertz CT molecular complexity index is 302. The molecule has 7 heteroatoms. The third-order valence-electron chi connectivity index (χ3n) is 2.79. The number of nitrogens with one attached hydrogen (secondary N) is 1. The Morgan fingerprint density at radius 2 is 2.31 bits per heavy atom. The molecule has 6 atom stereocenters. The van der Waals surface area contributed by atoms with E-state index in [0.29, 0.717) is 5.17 Å². The zero-order valence-electron chi connectivity index (χ0n) is 9.00. The number of ether oxygens (including phenoxy) is 1. The van der Waals surface area contributed by atoms with Gasteiger partial charge in [-0.1, -0.05) is 11.8 Å². The molecule has 2 saturated heterocycles. The average Bonchev–Trinajstić information content (AvgIpc) is 2.66. The molecule has 2 aliphatic heterocycles. The van der Waals surface area contributed by atoms with E-state index in [0.717, 1.165) is 0 Å². The summed E-state index contributed by atoms with van der Waals surface area (Å²) < 4.78 is 19.3. The molecule has 0 bridgehead atoms. The van der Waals surface area contributed by atoms with E-state index in [2.05, 4.69) is 10.3 Å². The van der Waals surface area contributed by atoms with E-state index in [1.165, 1.54) is 18.7 Å². The summed E-state index contributed by atoms with van der Waals surface area (Å²) >= 11 is 1.28. The standard InChI is InChI=1S/C9H15FN2O3S/c1-3(13)7-6(14)4(10)5-8(15-7)16-9(11-2)12-5/h3-8,13-14H,1-2H3,(H,11,12)/t3?,4-,5+,6-,7+,8+/m0/s1. The van der Waals surface area contributed by atoms with Crippen molar-refractivity contribution in [2.75, 3.05) is 7.05 Å². The number of fused-ring (bicyclic) bond motifs is 1. The molecule has 92 valence electrons. The number of rotatable bonds is 1. The number of aliphatic imine (C=N–C) groups is 1. The SMILES string of the molecule is CN=C1N[C@@H]2[C@H](F)[C@H](O)[C@@H](C(C)O)O[C@@H]2S1. The van der Waals surface area contributed by atoms with Gasteiger partial charge in [0.25, 0.3) is 0 Å². The molecular weight excluding hydrogens is 235 g/mol. The first kappa shape index (κ1) is 12.1. The lowest BCUT2D eigenvalue weighted by molar-refractivity contribution is -0.167. The van der Waals surface area contributed by atoms with Crippen LogP contribution in [0.3, 0.4) is 0 Å². The number of thioether (sulfide) groups is 1. The molecule has 0 aromatic heterocycles. The Labute approximate surface area is 97.1 Å². The maximum atomic E-state index is 13.9. The molecule has 0 saturated carbocycles. The molecule has 16 heavy (non-hydrogen) atoms. The summed E-state index contributed by atoms with van der Waals surface area (Å²) in [4.78, 5) is 3.92. The highest BCUT2D eigenvalue weighted by atomic mass is 32.2. The van der Waals surface area contributed by atoms with Gasteiger partial charge in [0.15, 0.2) is 11.3 Å². The average molecular weight is 250 g/mol. The second-order valence-electron chi connectivity index (χ2n) is 3.96. The molecular formula is C9H15FN2O3S. The summed E-state index contributed by atoms with van der Waals surface area (Å²) in [5.74, 6) is 0. The Morgan fingerprint density at radius 3 is 2.88 bits per heavy atom. The summed E-state index contributed by atoms with van der Waals surface area (Å²) in [6, 6.07) is -0.603. The lowest BCUT2D eigenvalue weighted by Crippen LogP contribution is -2.59. The molecule has 2 rings (SSSR count). The van der Waals surface area contributed by atoms with Crippen molar-refractivity contribution < 1.29 is 19.3 Å². The van der Waals surface area contributed by atoms with E-state index >= 15 is 0 Å². The van der Waals surface area contributed by atoms with Crippen LogP contribution in [-0.4, -0.2) is 58.4 Å². The summed E-state index contributed by atoms with van der Waals surface area (Å²) in [7, 11) is 1.60. The van der Waals surface area contributed by atoms with E-state index < -0.39 is 36.0 Å². The minimum Gasteiger partial charge on any atom is -0.391 e. The van der Waals surface area contributed by atoms with Crippen molar-refractivity contribution >= 4 is 16.9 Å². The number of aliphatic hydroxyl groups excluding tert-OH is 2. The lowest BCUT2D eigenvalue weighted by Gasteiger charge is -2.38. The van der Waals surface area contributed by atoms with Gasteiger partial charge >= 0.3 is 0 Å². The Hall–Kier alpha value is -0.370. The maximum absolute atomic E-state index is 13.9. The molecule has 0 spiro atoms. The van der Waals surface area contributed by atoms with E-state index in [1.807, 2.05) is 0 Å². The summed E-state index contributed by atoms with van der Waals surface area (Å²) in [5.41, 5.74) is -0.448. The fourth-order valence-electron chi connectivity index (χ4n) is 1.92. The van der Waals surface area contributed by atoms with Crippen LogP contribution in [0.4, 0.5) is 4.39 Å². The van der Waals surface area contributed by atoms with Crippen LogP contribution in [-0.2, 0) is 4.74 Å². The number of nitrogens with zero attached hydrogens (tertiary/aromatic N) is 1. The number of aliphatic hydroxyl groups is 2. The van der Waals surface area contributed by atoms with Crippen LogP contribution in [0.1, 0.15) is 6.92 Å². The van der Waals surface area contributed by atoms with Crippen LogP contribution >= 0.6 is 11.8 Å². The van der Waals surface area contributed by atoms with Gasteiger partial charge in [0.05, 0.1) is 12.1 Å². The highest BCUT2D eigenvalue weighted by Gasteiger charge is 2.51. The molecule has 0 amide bonds. The summed E-state index contributed by atoms with van der Waals surface area (Å²) in [6.07, 6.45) is -4.57. The predicted molar refractivity (Wildman–Crippen MR) is 59.1 cm³/mol. The van der Waals surface area contributed by atoms with Gasteiger partial charge in [0.1, 0.15) is 17.6 Å². The lowest BCUT2D eigenvalue weighted by atomic mass is 9.96. The quantitative estimate of drug-likeness (QED) is 0.584. The summed E-state index contributed by atoms with van der Waals surface area (Å²) in [5, 5.41) is 22.5. The van der Waals surface area contributed by atoms with Crippen molar-refractivity contribution in [2.45, 2.75) is 42.9 Å². The van der Waals surface area contributed by atoms with Crippen molar-refractivity contribution in [1.29, 1.82) is 0 Å². The number of amidine groups is 1. The van der Waals surface area contributed by atoms with Gasteiger partial charge in [-0.3, -0.25) is 4.99 Å². The molecule has 0 radical (unpaired) electrons. The molecule has 0 aromatic carbocycles. The predicted octanol–water partition coefficient (Wildman–Crippen LogP) is -0.518. The molecule has 2 fully saturated rings. The van der Waals surface area contributed by atoms with Crippen molar-refractivity contribution in [3.05, 3.63) is 0 Å². The molecule has 5 nitrogen and oxygen atoms in total. The zero-order valence-corrected chi connectivity index (χ0v) is 9.82. The van der Waals surface area contributed by atoms with E-state index in [1.54, 1.807) is 7.05 Å². The minimum absolute atomic E-state index is 0.448. The van der Waals surface area contributed by atoms with Crippen LogP contribution < -0.4 is 5.32 Å². The van der Waals surface area contributed by atoms with Crippen molar-refractivity contribution in [3.8, 4) is 0 Å². The number of hydrogen-bond donors (Lipinski definition) is 3. The number of halogens is 1. The highest BCUT2D eigenvalue weighted by molar-refractivity contribution is 8.14. The monoisotopic (exact) mass is 250 g/mol. The van der Waals surface area contributed by atoms with Gasteiger partial charge < -0.3 is 20.3 Å². The largest absolute Gasteiger partial charge is 0.391 e. The smallest absolute Gasteiger partial charge is 0.159 e. The minimum atomic E-state index is -1.47. The van der Waals surface area contributed by atoms with Gasteiger partial charge in [0, 0.05) is 7.05 Å². The van der Waals surface area contributed by atoms with Crippen LogP contribution in [0.2, 0.25) is 0 Å². The van der Waals surface area contributed by atoms with E-state index in [-0.39, 0.29) is 0 Å². The van der Waals surface area contributed by atoms with Crippen molar-refractivity contribution in [3.63, 3.8) is 0 Å². The zero-order chi connectivity index (χ0) is 11.9. The summed E-state index contributed by atoms with van der Waals surface area (Å²) in [6.45, 7) is 1.48. The van der Waals surface area contributed by atoms with Gasteiger partial charge in [-0.15, -0.1) is 0 Å². The van der Waals surface area contributed by atoms with Gasteiger partial charge in [0.2, 0.25) is 0 Å². The third kappa shape index (κ3) is 1.92. The third-order valence-corrected chi connectivity index (χ3v) is 3.95. The Morgan fingerprint density at radius 1 is 1.62 bits per heavy atom. The molecule has 1 unspecified atom stereocenters. The van der Waals surface area contributed by atoms with Crippen LogP contribution in [0, 0.1) is 0 Å². The first-order valence-corrected chi connectivity index (χ1v) is 5.98.